The van der Waals surface area contributed by atoms with Gasteiger partial charge in [-0.3, -0.25) is 4.79 Å². The van der Waals surface area contributed by atoms with E-state index in [2.05, 4.69) is 14.9 Å². The molecule has 0 radical (unpaired) electrons. The third-order valence-corrected chi connectivity index (χ3v) is 4.04. The molecule has 3 rings (SSSR count). The Labute approximate surface area is 129 Å². The van der Waals surface area contributed by atoms with Crippen LogP contribution in [-0.4, -0.2) is 22.0 Å². The minimum absolute atomic E-state index is 0.00353. The third kappa shape index (κ3) is 3.64. The molecular weight excluding hydrogens is 286 g/mol. The number of benzene rings is 1. The summed E-state index contributed by atoms with van der Waals surface area (Å²) in [4.78, 5) is 16.3. The molecule has 0 bridgehead atoms. The van der Waals surface area contributed by atoms with Gasteiger partial charge in [-0.05, 0) is 24.5 Å². The standard InChI is InChI=1S/C16H18ClN3O/c17-14-4-2-1-3-13(14)11-15(21)18-7-9-20-10-8-19-16(20)12-5-6-12/h1-4,8,10,12H,5-7,9,11H2,(H,18,21). The summed E-state index contributed by atoms with van der Waals surface area (Å²) in [6.07, 6.45) is 6.60. The molecule has 1 heterocycles. The van der Waals surface area contributed by atoms with E-state index in [4.69, 9.17) is 11.6 Å². The molecule has 5 heteroatoms. The van der Waals surface area contributed by atoms with E-state index in [-0.39, 0.29) is 5.91 Å². The Bertz CT molecular complexity index is 634. The minimum atomic E-state index is -0.00353. The fourth-order valence-corrected chi connectivity index (χ4v) is 2.61. The summed E-state index contributed by atoms with van der Waals surface area (Å²) >= 11 is 6.05. The topological polar surface area (TPSA) is 46.9 Å². The van der Waals surface area contributed by atoms with Crippen molar-refractivity contribution in [1.29, 1.82) is 0 Å². The van der Waals surface area contributed by atoms with Crippen LogP contribution in [0.3, 0.4) is 0 Å². The van der Waals surface area contributed by atoms with Gasteiger partial charge in [-0.1, -0.05) is 29.8 Å². The molecule has 1 aliphatic carbocycles. The van der Waals surface area contributed by atoms with Crippen molar-refractivity contribution < 1.29 is 4.79 Å². The van der Waals surface area contributed by atoms with E-state index in [0.29, 0.717) is 23.9 Å². The highest BCUT2D eigenvalue weighted by Gasteiger charge is 2.27. The number of rotatable bonds is 6. The summed E-state index contributed by atoms with van der Waals surface area (Å²) in [6, 6.07) is 7.44. The molecule has 110 valence electrons. The summed E-state index contributed by atoms with van der Waals surface area (Å²) in [6.45, 7) is 1.37. The number of carbonyl (C=O) groups is 1. The Morgan fingerprint density at radius 3 is 2.95 bits per heavy atom. The van der Waals surface area contributed by atoms with E-state index < -0.39 is 0 Å². The Balaban J connectivity index is 1.48. The second-order valence-electron chi connectivity index (χ2n) is 5.37. The first-order valence-corrected chi connectivity index (χ1v) is 7.63. The van der Waals surface area contributed by atoms with Crippen molar-refractivity contribution in [2.45, 2.75) is 31.7 Å². The van der Waals surface area contributed by atoms with Crippen LogP contribution >= 0.6 is 11.6 Å². The largest absolute Gasteiger partial charge is 0.354 e. The predicted molar refractivity (Wildman–Crippen MR) is 82.4 cm³/mol. The fourth-order valence-electron chi connectivity index (χ4n) is 2.40. The van der Waals surface area contributed by atoms with Gasteiger partial charge in [0, 0.05) is 36.4 Å². The summed E-state index contributed by atoms with van der Waals surface area (Å²) in [5.74, 6) is 1.77. The van der Waals surface area contributed by atoms with Crippen molar-refractivity contribution in [1.82, 2.24) is 14.9 Å². The van der Waals surface area contributed by atoms with E-state index in [0.717, 1.165) is 17.9 Å². The summed E-state index contributed by atoms with van der Waals surface area (Å²) < 4.78 is 2.13. The van der Waals surface area contributed by atoms with Gasteiger partial charge in [0.2, 0.25) is 5.91 Å². The highest BCUT2D eigenvalue weighted by Crippen LogP contribution is 2.38. The lowest BCUT2D eigenvalue weighted by molar-refractivity contribution is -0.120. The van der Waals surface area contributed by atoms with Crippen LogP contribution in [0, 0.1) is 0 Å². The maximum absolute atomic E-state index is 11.9. The van der Waals surface area contributed by atoms with Crippen LogP contribution < -0.4 is 5.32 Å². The van der Waals surface area contributed by atoms with Crippen molar-refractivity contribution in [3.05, 3.63) is 53.1 Å². The number of hydrogen-bond donors (Lipinski definition) is 1. The van der Waals surface area contributed by atoms with Crippen molar-refractivity contribution in [3.8, 4) is 0 Å². The number of nitrogens with one attached hydrogen (secondary N) is 1. The van der Waals surface area contributed by atoms with Crippen LogP contribution in [0.15, 0.2) is 36.7 Å². The summed E-state index contributed by atoms with van der Waals surface area (Å²) in [5, 5.41) is 3.57. The van der Waals surface area contributed by atoms with Gasteiger partial charge < -0.3 is 9.88 Å². The molecule has 0 spiro atoms. The first-order chi connectivity index (χ1) is 10.2. The zero-order valence-corrected chi connectivity index (χ0v) is 12.5. The van der Waals surface area contributed by atoms with Crippen LogP contribution in [-0.2, 0) is 17.8 Å². The average Bonchev–Trinajstić information content (AvgIpc) is 3.21. The Morgan fingerprint density at radius 1 is 1.38 bits per heavy atom. The average molecular weight is 304 g/mol. The molecule has 0 atom stereocenters. The first-order valence-electron chi connectivity index (χ1n) is 7.25. The Hall–Kier alpha value is -1.81. The second-order valence-corrected chi connectivity index (χ2v) is 5.78. The molecule has 2 aromatic rings. The van der Waals surface area contributed by atoms with Gasteiger partial charge in [-0.2, -0.15) is 0 Å². The van der Waals surface area contributed by atoms with E-state index in [9.17, 15) is 4.79 Å². The number of hydrogen-bond acceptors (Lipinski definition) is 2. The van der Waals surface area contributed by atoms with E-state index in [1.54, 1.807) is 6.07 Å². The zero-order chi connectivity index (χ0) is 14.7. The number of imidazole rings is 1. The van der Waals surface area contributed by atoms with Gasteiger partial charge in [0.05, 0.1) is 6.42 Å². The van der Waals surface area contributed by atoms with Crippen molar-refractivity contribution >= 4 is 17.5 Å². The normalized spacial score (nSPS) is 14.1. The van der Waals surface area contributed by atoms with Crippen molar-refractivity contribution in [3.63, 3.8) is 0 Å². The molecule has 1 N–H and O–H groups in total. The van der Waals surface area contributed by atoms with Gasteiger partial charge in [0.15, 0.2) is 0 Å². The molecule has 1 aliphatic rings. The molecule has 1 aromatic carbocycles. The molecule has 1 aromatic heterocycles. The number of nitrogens with zero attached hydrogens (tertiary/aromatic N) is 2. The number of carbonyl (C=O) groups excluding carboxylic acids is 1. The number of halogens is 1. The van der Waals surface area contributed by atoms with E-state index in [1.165, 1.54) is 12.8 Å². The van der Waals surface area contributed by atoms with Crippen molar-refractivity contribution in [2.75, 3.05) is 6.54 Å². The van der Waals surface area contributed by atoms with Gasteiger partial charge in [-0.25, -0.2) is 4.98 Å². The predicted octanol–water partition coefficient (Wildman–Crippen LogP) is 2.77. The van der Waals surface area contributed by atoms with Gasteiger partial charge in [0.1, 0.15) is 5.82 Å². The van der Waals surface area contributed by atoms with Gasteiger partial charge >= 0.3 is 0 Å². The Morgan fingerprint density at radius 2 is 2.19 bits per heavy atom. The highest BCUT2D eigenvalue weighted by molar-refractivity contribution is 6.31. The number of amides is 1. The smallest absolute Gasteiger partial charge is 0.224 e. The van der Waals surface area contributed by atoms with Crippen LogP contribution in [0.4, 0.5) is 0 Å². The summed E-state index contributed by atoms with van der Waals surface area (Å²) in [5.41, 5.74) is 0.859. The first kappa shape index (κ1) is 14.1. The fraction of sp³-hybridized carbons (Fsp3) is 0.375. The molecule has 4 nitrogen and oxygen atoms in total. The minimum Gasteiger partial charge on any atom is -0.354 e. The monoisotopic (exact) mass is 303 g/mol. The lowest BCUT2D eigenvalue weighted by Gasteiger charge is -2.09. The van der Waals surface area contributed by atoms with Gasteiger partial charge in [-0.15, -0.1) is 0 Å². The van der Waals surface area contributed by atoms with Crippen LogP contribution in [0.25, 0.3) is 0 Å². The maximum Gasteiger partial charge on any atom is 0.224 e. The molecule has 21 heavy (non-hydrogen) atoms. The van der Waals surface area contributed by atoms with E-state index >= 15 is 0 Å². The quantitative estimate of drug-likeness (QED) is 0.892. The van der Waals surface area contributed by atoms with Crippen LogP contribution in [0.5, 0.6) is 0 Å². The van der Waals surface area contributed by atoms with Gasteiger partial charge in [0.25, 0.3) is 0 Å². The third-order valence-electron chi connectivity index (χ3n) is 3.67. The number of aromatic nitrogens is 2. The molecule has 1 saturated carbocycles. The van der Waals surface area contributed by atoms with Crippen molar-refractivity contribution in [2.24, 2.45) is 0 Å². The van der Waals surface area contributed by atoms with Crippen LogP contribution in [0.2, 0.25) is 5.02 Å². The SMILES string of the molecule is O=C(Cc1ccccc1Cl)NCCn1ccnc1C1CC1. The van der Waals surface area contributed by atoms with Crippen LogP contribution in [0.1, 0.15) is 30.1 Å². The zero-order valence-electron chi connectivity index (χ0n) is 11.8. The highest BCUT2D eigenvalue weighted by atomic mass is 35.5. The second kappa shape index (κ2) is 6.31. The molecule has 1 amide bonds. The summed E-state index contributed by atoms with van der Waals surface area (Å²) in [7, 11) is 0. The lowest BCUT2D eigenvalue weighted by atomic mass is 10.1. The molecule has 0 unspecified atom stereocenters. The molecule has 0 aliphatic heterocycles. The van der Waals surface area contributed by atoms with E-state index in [1.807, 2.05) is 30.6 Å². The lowest BCUT2D eigenvalue weighted by Crippen LogP contribution is -2.28. The Kier molecular flexibility index (Phi) is 4.25. The molecule has 0 saturated heterocycles. The maximum atomic E-state index is 11.9. The molecule has 1 fully saturated rings. The molecular formula is C16H18ClN3O.